The van der Waals surface area contributed by atoms with Crippen LogP contribution in [0.5, 0.6) is 0 Å². The van der Waals surface area contributed by atoms with Crippen LogP contribution in [0.3, 0.4) is 0 Å². The Morgan fingerprint density at radius 2 is 2.08 bits per heavy atom. The fourth-order valence-corrected chi connectivity index (χ4v) is 3.07. The Labute approximate surface area is 141 Å². The molecule has 1 heterocycles. The zero-order valence-corrected chi connectivity index (χ0v) is 13.0. The largest absolute Gasteiger partial charge is 0.419 e. The maximum absolute atomic E-state index is 13.9. The third kappa shape index (κ3) is 3.26. The Morgan fingerprint density at radius 1 is 1.32 bits per heavy atom. The summed E-state index contributed by atoms with van der Waals surface area (Å²) in [5, 5.41) is 2.78. The Balaban J connectivity index is 1.99. The number of benzene rings is 1. The van der Waals surface area contributed by atoms with Crippen molar-refractivity contribution in [2.45, 2.75) is 25.1 Å². The smallest absolute Gasteiger partial charge is 0.346 e. The maximum atomic E-state index is 13.9. The zero-order chi connectivity index (χ0) is 18.2. The van der Waals surface area contributed by atoms with Crippen molar-refractivity contribution in [3.05, 3.63) is 65.8 Å². The fraction of sp³-hybridized carbons (Fsp3) is 0.222. The molecule has 1 aliphatic carbocycles. The average molecular weight is 350 g/mol. The number of alkyl halides is 3. The first-order valence-corrected chi connectivity index (χ1v) is 7.58. The van der Waals surface area contributed by atoms with Crippen LogP contribution >= 0.6 is 0 Å². The minimum Gasteiger partial charge on any atom is -0.346 e. The molecule has 25 heavy (non-hydrogen) atoms. The lowest BCUT2D eigenvalue weighted by molar-refractivity contribution is -0.140. The maximum Gasteiger partial charge on any atom is 0.419 e. The van der Waals surface area contributed by atoms with Crippen molar-refractivity contribution in [1.29, 1.82) is 0 Å². The average Bonchev–Trinajstić information content (AvgIpc) is 2.96. The number of nitrogens with one attached hydrogen (secondary N) is 1. The lowest BCUT2D eigenvalue weighted by Gasteiger charge is -2.14. The second-order valence-electron chi connectivity index (χ2n) is 5.75. The number of fused-ring (bicyclic) bond motifs is 1. The molecule has 0 aliphatic heterocycles. The second-order valence-corrected chi connectivity index (χ2v) is 5.75. The van der Waals surface area contributed by atoms with Crippen molar-refractivity contribution in [3.63, 3.8) is 0 Å². The number of hydrogen-bond acceptors (Lipinski definition) is 2. The number of carbonyl (C=O) groups excluding carboxylic acids is 1. The molecule has 0 spiro atoms. The lowest BCUT2D eigenvalue weighted by atomic mass is 9.98. The molecule has 0 saturated carbocycles. The summed E-state index contributed by atoms with van der Waals surface area (Å²) in [6.07, 6.45) is 0.785. The van der Waals surface area contributed by atoms with Gasteiger partial charge < -0.3 is 5.32 Å². The molecule has 1 N–H and O–H groups in total. The normalized spacial score (nSPS) is 16.4. The highest BCUT2D eigenvalue weighted by Gasteiger charge is 2.34. The molecular weight excluding hydrogens is 336 g/mol. The van der Waals surface area contributed by atoms with E-state index < -0.39 is 17.6 Å². The Kier molecular flexibility index (Phi) is 4.32. The van der Waals surface area contributed by atoms with Crippen molar-refractivity contribution in [1.82, 2.24) is 10.3 Å². The predicted molar refractivity (Wildman–Crippen MR) is 84.0 cm³/mol. The molecule has 1 unspecified atom stereocenters. The summed E-state index contributed by atoms with van der Waals surface area (Å²) in [5.74, 6) is -1.64. The molecule has 0 bridgehead atoms. The molecule has 130 valence electrons. The van der Waals surface area contributed by atoms with Gasteiger partial charge in [0.1, 0.15) is 5.82 Å². The molecule has 1 aromatic carbocycles. The van der Waals surface area contributed by atoms with Crippen LogP contribution in [-0.2, 0) is 17.4 Å². The number of carbonyl (C=O) groups is 1. The molecule has 0 saturated heterocycles. The first-order chi connectivity index (χ1) is 11.8. The van der Waals surface area contributed by atoms with Gasteiger partial charge in [-0.2, -0.15) is 13.2 Å². The van der Waals surface area contributed by atoms with E-state index in [0.717, 1.165) is 23.3 Å². The van der Waals surface area contributed by atoms with Crippen molar-refractivity contribution in [3.8, 4) is 11.1 Å². The minimum atomic E-state index is -4.74. The monoisotopic (exact) mass is 350 g/mol. The number of hydrogen-bond donors (Lipinski definition) is 1. The Bertz CT molecular complexity index is 845. The van der Waals surface area contributed by atoms with Crippen LogP contribution in [0.2, 0.25) is 0 Å². The van der Waals surface area contributed by atoms with Gasteiger partial charge in [0.05, 0.1) is 11.6 Å². The molecule has 2 aromatic rings. The summed E-state index contributed by atoms with van der Waals surface area (Å²) in [4.78, 5) is 15.6. The number of aromatic nitrogens is 1. The van der Waals surface area contributed by atoms with Crippen LogP contribution in [0.25, 0.3) is 11.1 Å². The van der Waals surface area contributed by atoms with Gasteiger partial charge in [-0.25, -0.2) is 4.39 Å². The van der Waals surface area contributed by atoms with Crippen molar-refractivity contribution < 1.29 is 22.4 Å². The molecule has 7 heteroatoms. The van der Waals surface area contributed by atoms with E-state index in [1.54, 1.807) is 6.20 Å². The molecule has 1 aliphatic rings. The SMILES string of the molecule is C=CC(=O)NC1CCc2c(-c3ccc(C(F)(F)F)c(F)c3)cncc21. The van der Waals surface area contributed by atoms with E-state index in [1.165, 1.54) is 18.3 Å². The number of amides is 1. The van der Waals surface area contributed by atoms with Crippen molar-refractivity contribution >= 4 is 5.91 Å². The van der Waals surface area contributed by atoms with E-state index in [1.807, 2.05) is 0 Å². The van der Waals surface area contributed by atoms with Crippen LogP contribution in [0, 0.1) is 5.82 Å². The minimum absolute atomic E-state index is 0.243. The van der Waals surface area contributed by atoms with E-state index >= 15 is 0 Å². The highest BCUT2D eigenvalue weighted by Crippen LogP contribution is 2.39. The molecule has 3 rings (SSSR count). The van der Waals surface area contributed by atoms with Gasteiger partial charge in [-0.1, -0.05) is 12.6 Å². The van der Waals surface area contributed by atoms with Crippen LogP contribution in [-0.4, -0.2) is 10.9 Å². The molecule has 0 fully saturated rings. The number of halogens is 4. The van der Waals surface area contributed by atoms with Crippen LogP contribution in [0.4, 0.5) is 17.6 Å². The standard InChI is InChI=1S/C18H14F4N2O/c1-2-17(25)24-16-6-4-11-12(8-23-9-13(11)16)10-3-5-14(15(19)7-10)18(20,21)22/h2-3,5,7-9,16H,1,4,6H2,(H,24,25). The highest BCUT2D eigenvalue weighted by atomic mass is 19.4. The molecule has 0 radical (unpaired) electrons. The van der Waals surface area contributed by atoms with E-state index in [-0.39, 0.29) is 11.9 Å². The Morgan fingerprint density at radius 3 is 2.72 bits per heavy atom. The molecule has 1 atom stereocenters. The zero-order valence-electron chi connectivity index (χ0n) is 13.0. The van der Waals surface area contributed by atoms with Crippen LogP contribution in [0.15, 0.2) is 43.2 Å². The first-order valence-electron chi connectivity index (χ1n) is 7.58. The van der Waals surface area contributed by atoms with E-state index in [2.05, 4.69) is 16.9 Å². The molecule has 3 nitrogen and oxygen atoms in total. The first kappa shape index (κ1) is 17.1. The van der Waals surface area contributed by atoms with Gasteiger partial charge in [0.15, 0.2) is 0 Å². The van der Waals surface area contributed by atoms with E-state index in [9.17, 15) is 22.4 Å². The van der Waals surface area contributed by atoms with Gasteiger partial charge in [-0.05, 0) is 47.7 Å². The van der Waals surface area contributed by atoms with Crippen LogP contribution in [0.1, 0.15) is 29.2 Å². The molecule has 1 aromatic heterocycles. The summed E-state index contributed by atoms with van der Waals surface area (Å²) in [6.45, 7) is 3.40. The van der Waals surface area contributed by atoms with Gasteiger partial charge in [-0.3, -0.25) is 9.78 Å². The number of pyridine rings is 1. The van der Waals surface area contributed by atoms with Gasteiger partial charge in [-0.15, -0.1) is 0 Å². The lowest BCUT2D eigenvalue weighted by Crippen LogP contribution is -2.25. The third-order valence-corrected chi connectivity index (χ3v) is 4.24. The topological polar surface area (TPSA) is 42.0 Å². The van der Waals surface area contributed by atoms with Crippen molar-refractivity contribution in [2.75, 3.05) is 0 Å². The number of nitrogens with zero attached hydrogens (tertiary/aromatic N) is 1. The number of rotatable bonds is 3. The van der Waals surface area contributed by atoms with Gasteiger partial charge in [0.25, 0.3) is 0 Å². The summed E-state index contributed by atoms with van der Waals surface area (Å²) >= 11 is 0. The van der Waals surface area contributed by atoms with E-state index in [4.69, 9.17) is 0 Å². The second kappa shape index (κ2) is 6.31. The van der Waals surface area contributed by atoms with Gasteiger partial charge in [0, 0.05) is 18.0 Å². The van der Waals surface area contributed by atoms with Crippen molar-refractivity contribution in [2.24, 2.45) is 0 Å². The molecular formula is C18H14F4N2O. The Hall–Kier alpha value is -2.70. The van der Waals surface area contributed by atoms with Gasteiger partial charge >= 0.3 is 6.18 Å². The van der Waals surface area contributed by atoms with E-state index in [0.29, 0.717) is 24.0 Å². The predicted octanol–water partition coefficient (Wildman–Crippen LogP) is 4.20. The quantitative estimate of drug-likeness (QED) is 0.666. The summed E-state index contributed by atoms with van der Waals surface area (Å²) < 4.78 is 52.0. The highest BCUT2D eigenvalue weighted by molar-refractivity contribution is 5.87. The van der Waals surface area contributed by atoms with Gasteiger partial charge in [0.2, 0.25) is 5.91 Å². The van der Waals surface area contributed by atoms with Crippen LogP contribution < -0.4 is 5.32 Å². The fourth-order valence-electron chi connectivity index (χ4n) is 3.07. The summed E-state index contributed by atoms with van der Waals surface area (Å²) in [5.41, 5.74) is 1.23. The summed E-state index contributed by atoms with van der Waals surface area (Å²) in [6, 6.07) is 2.59. The summed E-state index contributed by atoms with van der Waals surface area (Å²) in [7, 11) is 0. The molecule has 1 amide bonds. The third-order valence-electron chi connectivity index (χ3n) is 4.24.